The number of nitrogens with zero attached hydrogens (tertiary/aromatic N) is 3. The summed E-state index contributed by atoms with van der Waals surface area (Å²) in [7, 11) is 0. The van der Waals surface area contributed by atoms with Crippen molar-refractivity contribution in [2.45, 2.75) is 26.3 Å². The maximum absolute atomic E-state index is 8.74. The molecular weight excluding hydrogens is 236 g/mol. The molecule has 1 heterocycles. The first-order valence-electron chi connectivity index (χ1n) is 6.24. The highest BCUT2D eigenvalue weighted by Gasteiger charge is 2.02. The lowest BCUT2D eigenvalue weighted by Gasteiger charge is -2.08. The minimum absolute atomic E-state index is 0.387. The van der Waals surface area contributed by atoms with Crippen LogP contribution >= 0.6 is 0 Å². The highest BCUT2D eigenvalue weighted by Crippen LogP contribution is 2.14. The van der Waals surface area contributed by atoms with Gasteiger partial charge in [-0.3, -0.25) is 0 Å². The Morgan fingerprint density at radius 3 is 2.58 bits per heavy atom. The van der Waals surface area contributed by atoms with Gasteiger partial charge in [0.15, 0.2) is 0 Å². The van der Waals surface area contributed by atoms with Crippen LogP contribution in [0.4, 0.5) is 5.82 Å². The quantitative estimate of drug-likeness (QED) is 0.908. The topological polar surface area (TPSA) is 61.6 Å². The Hall–Kier alpha value is -2.41. The van der Waals surface area contributed by atoms with Crippen molar-refractivity contribution in [3.63, 3.8) is 0 Å². The van der Waals surface area contributed by atoms with Crippen LogP contribution in [0.25, 0.3) is 0 Å². The third-order valence-electron chi connectivity index (χ3n) is 2.84. The average Bonchev–Trinajstić information content (AvgIpc) is 2.46. The molecule has 4 nitrogen and oxygen atoms in total. The van der Waals surface area contributed by atoms with Gasteiger partial charge >= 0.3 is 0 Å². The second kappa shape index (κ2) is 5.96. The molecule has 2 rings (SSSR count). The lowest BCUT2D eigenvalue weighted by Crippen LogP contribution is -2.03. The monoisotopic (exact) mass is 252 g/mol. The Kier molecular flexibility index (Phi) is 4.09. The van der Waals surface area contributed by atoms with Crippen LogP contribution in [0.1, 0.15) is 36.6 Å². The Labute approximate surface area is 113 Å². The van der Waals surface area contributed by atoms with Crippen molar-refractivity contribution >= 4 is 5.82 Å². The minimum Gasteiger partial charge on any atom is -0.366 e. The predicted molar refractivity (Wildman–Crippen MR) is 74.6 cm³/mol. The van der Waals surface area contributed by atoms with E-state index in [-0.39, 0.29) is 0 Å². The number of rotatable bonds is 4. The summed E-state index contributed by atoms with van der Waals surface area (Å²) in [5.74, 6) is 1.21. The standard InChI is InChI=1S/C15H16N4/c1-11(2)14-7-15(19-10-18-14)17-9-13-5-3-12(8-16)4-6-13/h3-7,10-11H,9H2,1-2H3,(H,17,18,19). The number of nitrogens with one attached hydrogen (secondary N) is 1. The summed E-state index contributed by atoms with van der Waals surface area (Å²) in [5.41, 5.74) is 2.81. The van der Waals surface area contributed by atoms with Gasteiger partial charge in [0.25, 0.3) is 0 Å². The SMILES string of the molecule is CC(C)c1cc(NCc2ccc(C#N)cc2)ncn1. The molecule has 0 radical (unpaired) electrons. The molecule has 96 valence electrons. The molecule has 0 aliphatic carbocycles. The van der Waals surface area contributed by atoms with Gasteiger partial charge in [0.05, 0.1) is 11.6 Å². The molecule has 0 aliphatic rings. The molecule has 1 aromatic carbocycles. The Bertz CT molecular complexity index is 582. The van der Waals surface area contributed by atoms with Crippen molar-refractivity contribution in [3.05, 3.63) is 53.5 Å². The summed E-state index contributed by atoms with van der Waals surface area (Å²) in [6.07, 6.45) is 1.58. The van der Waals surface area contributed by atoms with E-state index in [4.69, 9.17) is 5.26 Å². The molecule has 0 aliphatic heterocycles. The molecule has 0 spiro atoms. The summed E-state index contributed by atoms with van der Waals surface area (Å²) >= 11 is 0. The van der Waals surface area contributed by atoms with Crippen molar-refractivity contribution < 1.29 is 0 Å². The van der Waals surface area contributed by atoms with Gasteiger partial charge in [0.1, 0.15) is 12.1 Å². The summed E-state index contributed by atoms with van der Waals surface area (Å²) < 4.78 is 0. The van der Waals surface area contributed by atoms with Crippen molar-refractivity contribution in [1.29, 1.82) is 5.26 Å². The molecule has 0 amide bonds. The van der Waals surface area contributed by atoms with Crippen molar-refractivity contribution in [3.8, 4) is 6.07 Å². The highest BCUT2D eigenvalue weighted by molar-refractivity contribution is 5.38. The van der Waals surface area contributed by atoms with E-state index < -0.39 is 0 Å². The fourth-order valence-electron chi connectivity index (χ4n) is 1.67. The third kappa shape index (κ3) is 3.52. The van der Waals surface area contributed by atoms with Crippen LogP contribution in [-0.2, 0) is 6.54 Å². The van der Waals surface area contributed by atoms with Gasteiger partial charge in [0, 0.05) is 18.3 Å². The zero-order valence-corrected chi connectivity index (χ0v) is 11.1. The Morgan fingerprint density at radius 1 is 1.21 bits per heavy atom. The molecule has 0 bridgehead atoms. The normalized spacial score (nSPS) is 10.2. The van der Waals surface area contributed by atoms with Crippen molar-refractivity contribution in [2.24, 2.45) is 0 Å². The van der Waals surface area contributed by atoms with Crippen LogP contribution in [0.15, 0.2) is 36.7 Å². The van der Waals surface area contributed by atoms with Crippen LogP contribution in [0.3, 0.4) is 0 Å². The minimum atomic E-state index is 0.387. The van der Waals surface area contributed by atoms with Crippen LogP contribution in [0.2, 0.25) is 0 Å². The molecule has 0 atom stereocenters. The number of benzene rings is 1. The van der Waals surface area contributed by atoms with E-state index in [0.717, 1.165) is 17.1 Å². The van der Waals surface area contributed by atoms with Crippen LogP contribution in [0.5, 0.6) is 0 Å². The number of aromatic nitrogens is 2. The number of hydrogen-bond acceptors (Lipinski definition) is 4. The molecule has 0 saturated heterocycles. The van der Waals surface area contributed by atoms with Crippen LogP contribution in [-0.4, -0.2) is 9.97 Å². The summed E-state index contributed by atoms with van der Waals surface area (Å²) in [5, 5.41) is 12.0. The van der Waals surface area contributed by atoms with E-state index in [1.807, 2.05) is 30.3 Å². The second-order valence-corrected chi connectivity index (χ2v) is 4.65. The summed E-state index contributed by atoms with van der Waals surface area (Å²) in [6, 6.07) is 11.6. The smallest absolute Gasteiger partial charge is 0.129 e. The number of nitriles is 1. The summed E-state index contributed by atoms with van der Waals surface area (Å²) in [4.78, 5) is 8.43. The van der Waals surface area contributed by atoms with E-state index in [1.165, 1.54) is 0 Å². The summed E-state index contributed by atoms with van der Waals surface area (Å²) in [6.45, 7) is 4.89. The van der Waals surface area contributed by atoms with Gasteiger partial charge in [0.2, 0.25) is 0 Å². The number of hydrogen-bond donors (Lipinski definition) is 1. The maximum Gasteiger partial charge on any atom is 0.129 e. The molecule has 0 fully saturated rings. The van der Waals surface area contributed by atoms with Gasteiger partial charge in [-0.05, 0) is 23.6 Å². The van der Waals surface area contributed by atoms with E-state index in [1.54, 1.807) is 6.33 Å². The fraction of sp³-hybridized carbons (Fsp3) is 0.267. The predicted octanol–water partition coefficient (Wildman–Crippen LogP) is 3.08. The van der Waals surface area contributed by atoms with E-state index in [2.05, 4.69) is 35.2 Å². The molecular formula is C15H16N4. The fourth-order valence-corrected chi connectivity index (χ4v) is 1.67. The zero-order valence-electron chi connectivity index (χ0n) is 11.1. The second-order valence-electron chi connectivity index (χ2n) is 4.65. The molecule has 19 heavy (non-hydrogen) atoms. The first-order chi connectivity index (χ1) is 9.19. The molecule has 0 unspecified atom stereocenters. The van der Waals surface area contributed by atoms with Crippen molar-refractivity contribution in [1.82, 2.24) is 9.97 Å². The number of anilines is 1. The van der Waals surface area contributed by atoms with Crippen LogP contribution in [0, 0.1) is 11.3 Å². The average molecular weight is 252 g/mol. The van der Waals surface area contributed by atoms with Gasteiger partial charge < -0.3 is 5.32 Å². The van der Waals surface area contributed by atoms with E-state index >= 15 is 0 Å². The van der Waals surface area contributed by atoms with Gasteiger partial charge in [-0.25, -0.2) is 9.97 Å². The lowest BCUT2D eigenvalue weighted by molar-refractivity contribution is 0.814. The first kappa shape index (κ1) is 13.0. The Balaban J connectivity index is 2.02. The lowest BCUT2D eigenvalue weighted by atomic mass is 10.1. The molecule has 1 N–H and O–H groups in total. The van der Waals surface area contributed by atoms with Gasteiger partial charge in [-0.15, -0.1) is 0 Å². The zero-order chi connectivity index (χ0) is 13.7. The maximum atomic E-state index is 8.74. The van der Waals surface area contributed by atoms with Gasteiger partial charge in [-0.2, -0.15) is 5.26 Å². The molecule has 1 aromatic heterocycles. The van der Waals surface area contributed by atoms with E-state index in [9.17, 15) is 0 Å². The molecule has 2 aromatic rings. The Morgan fingerprint density at radius 2 is 1.95 bits per heavy atom. The van der Waals surface area contributed by atoms with Gasteiger partial charge in [-0.1, -0.05) is 26.0 Å². The largest absolute Gasteiger partial charge is 0.366 e. The molecule has 0 saturated carbocycles. The molecule has 4 heteroatoms. The van der Waals surface area contributed by atoms with E-state index in [0.29, 0.717) is 18.0 Å². The highest BCUT2D eigenvalue weighted by atomic mass is 15.0. The van der Waals surface area contributed by atoms with Crippen LogP contribution < -0.4 is 5.32 Å². The van der Waals surface area contributed by atoms with Crippen molar-refractivity contribution in [2.75, 3.05) is 5.32 Å². The third-order valence-corrected chi connectivity index (χ3v) is 2.84. The first-order valence-corrected chi connectivity index (χ1v) is 6.24.